The molecular formula is C9H7ClFNO3. The van der Waals surface area contributed by atoms with Crippen molar-refractivity contribution in [1.82, 2.24) is 0 Å². The molecule has 0 fully saturated rings. The van der Waals surface area contributed by atoms with E-state index in [0.717, 1.165) is 12.1 Å². The summed E-state index contributed by atoms with van der Waals surface area (Å²) in [5.74, 6) is -2.16. The fourth-order valence-corrected chi connectivity index (χ4v) is 1.11. The van der Waals surface area contributed by atoms with Gasteiger partial charge in [0.05, 0.1) is 10.6 Å². The van der Waals surface area contributed by atoms with Crippen molar-refractivity contribution in [1.29, 1.82) is 0 Å². The maximum absolute atomic E-state index is 12.6. The van der Waals surface area contributed by atoms with Gasteiger partial charge in [0.15, 0.2) is 6.61 Å². The van der Waals surface area contributed by atoms with Gasteiger partial charge in [0, 0.05) is 0 Å². The number of hydrogen-bond acceptors (Lipinski definition) is 3. The van der Waals surface area contributed by atoms with Crippen LogP contribution in [-0.4, -0.2) is 18.5 Å². The Morgan fingerprint density at radius 2 is 2.13 bits per heavy atom. The number of amides is 1. The van der Waals surface area contributed by atoms with Gasteiger partial charge in [-0.15, -0.1) is 0 Å². The lowest BCUT2D eigenvalue weighted by Gasteiger charge is -2.03. The molecule has 2 N–H and O–H groups in total. The summed E-state index contributed by atoms with van der Waals surface area (Å²) in [5, 5.41) is -0.0792. The average molecular weight is 232 g/mol. The average Bonchev–Trinajstić information content (AvgIpc) is 2.14. The normalized spacial score (nSPS) is 9.73. The fourth-order valence-electron chi connectivity index (χ4n) is 0.869. The molecule has 0 atom stereocenters. The second-order valence-corrected chi connectivity index (χ2v) is 3.07. The van der Waals surface area contributed by atoms with Crippen molar-refractivity contribution in [3.63, 3.8) is 0 Å². The summed E-state index contributed by atoms with van der Waals surface area (Å²) >= 11 is 5.58. The second-order valence-electron chi connectivity index (χ2n) is 2.67. The van der Waals surface area contributed by atoms with Gasteiger partial charge in [-0.1, -0.05) is 11.6 Å². The first-order chi connectivity index (χ1) is 7.00. The van der Waals surface area contributed by atoms with E-state index in [0.29, 0.717) is 0 Å². The molecule has 0 aromatic heterocycles. The number of primary amides is 1. The third-order valence-electron chi connectivity index (χ3n) is 1.50. The minimum absolute atomic E-state index is 0.0145. The van der Waals surface area contributed by atoms with Crippen LogP contribution in [0.4, 0.5) is 4.39 Å². The highest BCUT2D eigenvalue weighted by molar-refractivity contribution is 6.33. The molecule has 0 unspecified atom stereocenters. The van der Waals surface area contributed by atoms with E-state index >= 15 is 0 Å². The van der Waals surface area contributed by atoms with Crippen LogP contribution in [0.1, 0.15) is 10.4 Å². The van der Waals surface area contributed by atoms with Crippen LogP contribution in [0.3, 0.4) is 0 Å². The van der Waals surface area contributed by atoms with Gasteiger partial charge < -0.3 is 10.5 Å². The highest BCUT2D eigenvalue weighted by atomic mass is 35.5. The quantitative estimate of drug-likeness (QED) is 0.793. The Morgan fingerprint density at radius 1 is 1.47 bits per heavy atom. The molecule has 0 heterocycles. The van der Waals surface area contributed by atoms with Crippen molar-refractivity contribution in [2.45, 2.75) is 0 Å². The van der Waals surface area contributed by atoms with Crippen molar-refractivity contribution in [3.05, 3.63) is 34.6 Å². The molecule has 6 heteroatoms. The number of nitrogens with two attached hydrogens (primary N) is 1. The summed E-state index contributed by atoms with van der Waals surface area (Å²) in [7, 11) is 0. The Labute approximate surface area is 89.8 Å². The maximum atomic E-state index is 12.6. The zero-order valence-corrected chi connectivity index (χ0v) is 8.25. The predicted molar refractivity (Wildman–Crippen MR) is 50.9 cm³/mol. The van der Waals surface area contributed by atoms with Crippen LogP contribution < -0.4 is 5.73 Å². The molecule has 1 amide bonds. The van der Waals surface area contributed by atoms with Gasteiger partial charge in [-0.25, -0.2) is 9.18 Å². The van der Waals surface area contributed by atoms with Crippen molar-refractivity contribution >= 4 is 23.5 Å². The number of halogens is 2. The van der Waals surface area contributed by atoms with E-state index in [-0.39, 0.29) is 10.6 Å². The first-order valence-corrected chi connectivity index (χ1v) is 4.29. The van der Waals surface area contributed by atoms with Crippen molar-refractivity contribution in [3.8, 4) is 0 Å². The molecule has 0 aliphatic carbocycles. The lowest BCUT2D eigenvalue weighted by Crippen LogP contribution is -2.21. The molecule has 1 aromatic carbocycles. The molecule has 1 rings (SSSR count). The molecule has 80 valence electrons. The van der Waals surface area contributed by atoms with Crippen LogP contribution in [0.5, 0.6) is 0 Å². The number of ether oxygens (including phenoxy) is 1. The van der Waals surface area contributed by atoms with Crippen LogP contribution in [0.25, 0.3) is 0 Å². The molecule has 0 saturated heterocycles. The Morgan fingerprint density at radius 3 is 2.67 bits per heavy atom. The molecule has 0 saturated carbocycles. The van der Waals surface area contributed by atoms with E-state index in [1.165, 1.54) is 6.07 Å². The lowest BCUT2D eigenvalue weighted by atomic mass is 10.2. The minimum Gasteiger partial charge on any atom is -0.452 e. The van der Waals surface area contributed by atoms with Gasteiger partial charge in [-0.3, -0.25) is 4.79 Å². The number of carbonyl (C=O) groups excluding carboxylic acids is 2. The zero-order valence-electron chi connectivity index (χ0n) is 7.50. The van der Waals surface area contributed by atoms with E-state index in [1.54, 1.807) is 0 Å². The summed E-state index contributed by atoms with van der Waals surface area (Å²) in [4.78, 5) is 21.6. The second kappa shape index (κ2) is 4.75. The number of rotatable bonds is 3. The zero-order chi connectivity index (χ0) is 11.4. The number of carbonyl (C=O) groups is 2. The van der Waals surface area contributed by atoms with Gasteiger partial charge >= 0.3 is 5.97 Å². The molecule has 0 bridgehead atoms. The molecule has 0 aliphatic heterocycles. The largest absolute Gasteiger partial charge is 0.452 e. The number of benzene rings is 1. The fraction of sp³-hybridized carbons (Fsp3) is 0.111. The number of esters is 1. The Kier molecular flexibility index (Phi) is 3.62. The van der Waals surface area contributed by atoms with Crippen LogP contribution in [-0.2, 0) is 9.53 Å². The smallest absolute Gasteiger partial charge is 0.340 e. The Balaban J connectivity index is 2.78. The van der Waals surface area contributed by atoms with Crippen LogP contribution >= 0.6 is 11.6 Å². The van der Waals surface area contributed by atoms with Gasteiger partial charge in [-0.2, -0.15) is 0 Å². The van der Waals surface area contributed by atoms with E-state index < -0.39 is 24.3 Å². The molecular weight excluding hydrogens is 225 g/mol. The van der Waals surface area contributed by atoms with Gasteiger partial charge in [0.1, 0.15) is 5.82 Å². The topological polar surface area (TPSA) is 69.4 Å². The summed E-state index contributed by atoms with van der Waals surface area (Å²) in [5.41, 5.74) is 4.76. The Hall–Kier alpha value is -1.62. The lowest BCUT2D eigenvalue weighted by molar-refractivity contribution is -0.121. The first kappa shape index (κ1) is 11.5. The summed E-state index contributed by atoms with van der Waals surface area (Å²) in [6, 6.07) is 3.20. The summed E-state index contributed by atoms with van der Waals surface area (Å²) in [6.45, 7) is -0.535. The van der Waals surface area contributed by atoms with Crippen molar-refractivity contribution < 1.29 is 18.7 Å². The third kappa shape index (κ3) is 3.21. The van der Waals surface area contributed by atoms with E-state index in [2.05, 4.69) is 4.74 Å². The minimum atomic E-state index is -0.821. The van der Waals surface area contributed by atoms with Gasteiger partial charge in [-0.05, 0) is 18.2 Å². The highest BCUT2D eigenvalue weighted by Gasteiger charge is 2.13. The highest BCUT2D eigenvalue weighted by Crippen LogP contribution is 2.17. The molecule has 0 radical (unpaired) electrons. The first-order valence-electron chi connectivity index (χ1n) is 3.91. The monoisotopic (exact) mass is 231 g/mol. The third-order valence-corrected chi connectivity index (χ3v) is 1.81. The van der Waals surface area contributed by atoms with Gasteiger partial charge in [0.25, 0.3) is 5.91 Å². The summed E-state index contributed by atoms with van der Waals surface area (Å²) in [6.07, 6.45) is 0. The predicted octanol–water partition coefficient (Wildman–Crippen LogP) is 1.12. The van der Waals surface area contributed by atoms with E-state index in [4.69, 9.17) is 17.3 Å². The molecule has 0 aliphatic rings. The number of hydrogen-bond donors (Lipinski definition) is 1. The summed E-state index contributed by atoms with van der Waals surface area (Å²) < 4.78 is 17.1. The van der Waals surface area contributed by atoms with Crippen molar-refractivity contribution in [2.75, 3.05) is 6.61 Å². The van der Waals surface area contributed by atoms with E-state index in [9.17, 15) is 14.0 Å². The molecule has 4 nitrogen and oxygen atoms in total. The van der Waals surface area contributed by atoms with Crippen LogP contribution in [0.15, 0.2) is 18.2 Å². The molecule has 15 heavy (non-hydrogen) atoms. The SMILES string of the molecule is NC(=O)COC(=O)c1ccc(F)cc1Cl. The standard InChI is InChI=1S/C9H7ClFNO3/c10-7-3-5(11)1-2-6(7)9(14)15-4-8(12)13/h1-3H,4H2,(H2,12,13). The molecule has 0 spiro atoms. The maximum Gasteiger partial charge on any atom is 0.340 e. The van der Waals surface area contributed by atoms with Crippen LogP contribution in [0.2, 0.25) is 5.02 Å². The van der Waals surface area contributed by atoms with E-state index in [1.807, 2.05) is 0 Å². The van der Waals surface area contributed by atoms with Crippen LogP contribution in [0, 0.1) is 5.82 Å². The van der Waals surface area contributed by atoms with Gasteiger partial charge in [0.2, 0.25) is 0 Å². The molecule has 1 aromatic rings. The van der Waals surface area contributed by atoms with Crippen molar-refractivity contribution in [2.24, 2.45) is 5.73 Å². The Bertz CT molecular complexity index is 408.